The van der Waals surface area contributed by atoms with Crippen LogP contribution in [0.4, 0.5) is 0 Å². The normalized spacial score (nSPS) is 10.3. The summed E-state index contributed by atoms with van der Waals surface area (Å²) in [6.07, 6.45) is 8.23. The molecule has 8 heteroatoms. The van der Waals surface area contributed by atoms with Gasteiger partial charge in [-0.05, 0) is 38.5 Å². The van der Waals surface area contributed by atoms with E-state index in [0.29, 0.717) is 51.6 Å². The number of hydrogen-bond donors (Lipinski definition) is 4. The number of amides is 4. The monoisotopic (exact) mass is 384 g/mol. The molecule has 156 valence electrons. The predicted octanol–water partition coefficient (Wildman–Crippen LogP) is 1.13. The number of hydrogen-bond acceptors (Lipinski definition) is 4. The van der Waals surface area contributed by atoms with Gasteiger partial charge in [0.2, 0.25) is 23.6 Å². The molecule has 0 spiro atoms. The lowest BCUT2D eigenvalue weighted by molar-refractivity contribution is -0.123. The Morgan fingerprint density at radius 1 is 0.593 bits per heavy atom. The number of primary amides is 1. The lowest BCUT2D eigenvalue weighted by Crippen LogP contribution is -2.25. The highest BCUT2D eigenvalue weighted by Gasteiger charge is 2.04. The zero-order valence-electron chi connectivity index (χ0n) is 16.6. The third-order valence-corrected chi connectivity index (χ3v) is 4.16. The third-order valence-electron chi connectivity index (χ3n) is 4.16. The van der Waals surface area contributed by atoms with Crippen LogP contribution in [0, 0.1) is 0 Å². The van der Waals surface area contributed by atoms with Crippen LogP contribution in [0.2, 0.25) is 0 Å². The van der Waals surface area contributed by atoms with E-state index in [1.165, 1.54) is 0 Å². The van der Waals surface area contributed by atoms with Gasteiger partial charge in [-0.15, -0.1) is 0 Å². The topological polar surface area (TPSA) is 130 Å². The highest BCUT2D eigenvalue weighted by atomic mass is 16.2. The highest BCUT2D eigenvalue weighted by molar-refractivity contribution is 5.77. The van der Waals surface area contributed by atoms with E-state index in [4.69, 9.17) is 5.73 Å². The van der Waals surface area contributed by atoms with Gasteiger partial charge in [0.1, 0.15) is 0 Å². The van der Waals surface area contributed by atoms with Crippen molar-refractivity contribution in [3.63, 3.8) is 0 Å². The van der Waals surface area contributed by atoms with Crippen LogP contribution in [0.3, 0.4) is 0 Å². The van der Waals surface area contributed by atoms with Gasteiger partial charge < -0.3 is 21.7 Å². The summed E-state index contributed by atoms with van der Waals surface area (Å²) in [6.45, 7) is 1.24. The highest BCUT2D eigenvalue weighted by Crippen LogP contribution is 2.02. The second-order valence-corrected chi connectivity index (χ2v) is 6.67. The van der Waals surface area contributed by atoms with E-state index in [-0.39, 0.29) is 23.6 Å². The summed E-state index contributed by atoms with van der Waals surface area (Å²) in [6, 6.07) is 0. The Morgan fingerprint density at radius 2 is 1.00 bits per heavy atom. The summed E-state index contributed by atoms with van der Waals surface area (Å²) in [7, 11) is 1.63. The van der Waals surface area contributed by atoms with Crippen molar-refractivity contribution in [3.8, 4) is 0 Å². The standard InChI is InChI=1S/C19H36N4O4/c1-21-17(25)11-5-3-9-15-23-19(27)13-7-6-12-18(26)22-14-8-2-4-10-16(20)24/h2-15H2,1H3,(H2,20,24)(H,21,25)(H,22,26)(H,23,27). The molecule has 4 amide bonds. The van der Waals surface area contributed by atoms with Crippen LogP contribution < -0.4 is 21.7 Å². The van der Waals surface area contributed by atoms with Crippen molar-refractivity contribution in [1.82, 2.24) is 16.0 Å². The maximum atomic E-state index is 11.7. The van der Waals surface area contributed by atoms with Gasteiger partial charge in [-0.1, -0.05) is 12.8 Å². The molecule has 0 heterocycles. The molecule has 0 atom stereocenters. The number of carbonyl (C=O) groups excluding carboxylic acids is 4. The van der Waals surface area contributed by atoms with Crippen molar-refractivity contribution in [2.24, 2.45) is 5.73 Å². The van der Waals surface area contributed by atoms with Gasteiger partial charge in [0.05, 0.1) is 0 Å². The van der Waals surface area contributed by atoms with Crippen molar-refractivity contribution >= 4 is 23.6 Å². The number of unbranched alkanes of at least 4 members (excludes halogenated alkanes) is 5. The number of nitrogens with two attached hydrogens (primary N) is 1. The summed E-state index contributed by atoms with van der Waals surface area (Å²) in [4.78, 5) is 45.0. The van der Waals surface area contributed by atoms with Crippen molar-refractivity contribution in [2.45, 2.75) is 77.0 Å². The molecule has 0 aliphatic carbocycles. The molecule has 0 unspecified atom stereocenters. The molecule has 0 aromatic heterocycles. The lowest BCUT2D eigenvalue weighted by Gasteiger charge is -2.06. The Morgan fingerprint density at radius 3 is 1.44 bits per heavy atom. The van der Waals surface area contributed by atoms with E-state index in [9.17, 15) is 19.2 Å². The molecule has 8 nitrogen and oxygen atoms in total. The minimum absolute atomic E-state index is 0.00132. The number of rotatable bonds is 17. The van der Waals surface area contributed by atoms with Crippen molar-refractivity contribution in [3.05, 3.63) is 0 Å². The Bertz CT molecular complexity index is 455. The molecule has 0 aromatic rings. The maximum absolute atomic E-state index is 11.7. The van der Waals surface area contributed by atoms with E-state index in [1.807, 2.05) is 0 Å². The average Bonchev–Trinajstić information content (AvgIpc) is 2.63. The Labute approximate surface area is 162 Å². The van der Waals surface area contributed by atoms with Gasteiger partial charge in [0.25, 0.3) is 0 Å². The lowest BCUT2D eigenvalue weighted by atomic mass is 10.1. The minimum Gasteiger partial charge on any atom is -0.370 e. The van der Waals surface area contributed by atoms with Crippen molar-refractivity contribution in [1.29, 1.82) is 0 Å². The maximum Gasteiger partial charge on any atom is 0.219 e. The van der Waals surface area contributed by atoms with Gasteiger partial charge >= 0.3 is 0 Å². The molecule has 0 rings (SSSR count). The molecule has 0 aromatic carbocycles. The van der Waals surface area contributed by atoms with E-state index < -0.39 is 0 Å². The van der Waals surface area contributed by atoms with Gasteiger partial charge in [-0.3, -0.25) is 19.2 Å². The van der Waals surface area contributed by atoms with Crippen LogP contribution in [0.15, 0.2) is 0 Å². The first-order chi connectivity index (χ1) is 13.0. The molecular formula is C19H36N4O4. The zero-order valence-corrected chi connectivity index (χ0v) is 16.6. The van der Waals surface area contributed by atoms with Crippen LogP contribution in [0.25, 0.3) is 0 Å². The molecule has 0 aliphatic rings. The minimum atomic E-state index is -0.288. The first kappa shape index (κ1) is 24.9. The number of carbonyl (C=O) groups is 4. The van der Waals surface area contributed by atoms with Gasteiger partial charge in [-0.25, -0.2) is 0 Å². The number of nitrogens with one attached hydrogen (secondary N) is 3. The van der Waals surface area contributed by atoms with Crippen LogP contribution in [-0.4, -0.2) is 43.8 Å². The molecule has 0 aliphatic heterocycles. The summed E-state index contributed by atoms with van der Waals surface area (Å²) in [5.41, 5.74) is 5.06. The van der Waals surface area contributed by atoms with Crippen LogP contribution >= 0.6 is 0 Å². The fourth-order valence-corrected chi connectivity index (χ4v) is 2.52. The zero-order chi connectivity index (χ0) is 20.3. The van der Waals surface area contributed by atoms with Crippen LogP contribution in [-0.2, 0) is 19.2 Å². The second kappa shape index (κ2) is 17.3. The molecule has 0 saturated heterocycles. The van der Waals surface area contributed by atoms with Gasteiger partial charge in [-0.2, -0.15) is 0 Å². The van der Waals surface area contributed by atoms with Gasteiger partial charge in [0, 0.05) is 45.8 Å². The summed E-state index contributed by atoms with van der Waals surface area (Å²) >= 11 is 0. The largest absolute Gasteiger partial charge is 0.370 e. The second-order valence-electron chi connectivity index (χ2n) is 6.67. The van der Waals surface area contributed by atoms with Crippen LogP contribution in [0.5, 0.6) is 0 Å². The summed E-state index contributed by atoms with van der Waals surface area (Å²) in [5.74, 6) is -0.229. The first-order valence-electron chi connectivity index (χ1n) is 9.98. The quantitative estimate of drug-likeness (QED) is 0.280. The molecule has 0 saturated carbocycles. The SMILES string of the molecule is CNC(=O)CCCCCNC(=O)CCCCC(=O)NCCCCCC(N)=O. The predicted molar refractivity (Wildman–Crippen MR) is 105 cm³/mol. The average molecular weight is 385 g/mol. The summed E-state index contributed by atoms with van der Waals surface area (Å²) < 4.78 is 0. The molecule has 0 fully saturated rings. The smallest absolute Gasteiger partial charge is 0.219 e. The molecular weight excluding hydrogens is 348 g/mol. The molecule has 5 N–H and O–H groups in total. The van der Waals surface area contributed by atoms with Crippen molar-refractivity contribution < 1.29 is 19.2 Å². The molecule has 0 radical (unpaired) electrons. The Kier molecular flexibility index (Phi) is 15.9. The fourth-order valence-electron chi connectivity index (χ4n) is 2.52. The van der Waals surface area contributed by atoms with E-state index in [2.05, 4.69) is 16.0 Å². The summed E-state index contributed by atoms with van der Waals surface area (Å²) in [5, 5.41) is 8.28. The fraction of sp³-hybridized carbons (Fsp3) is 0.789. The first-order valence-corrected chi connectivity index (χ1v) is 9.98. The van der Waals surface area contributed by atoms with E-state index in [0.717, 1.165) is 38.5 Å². The van der Waals surface area contributed by atoms with Crippen molar-refractivity contribution in [2.75, 3.05) is 20.1 Å². The Balaban J connectivity index is 3.40. The third kappa shape index (κ3) is 18.5. The Hall–Kier alpha value is -2.12. The molecule has 0 bridgehead atoms. The molecule has 27 heavy (non-hydrogen) atoms. The van der Waals surface area contributed by atoms with Gasteiger partial charge in [0.15, 0.2) is 0 Å². The van der Waals surface area contributed by atoms with Crippen LogP contribution in [0.1, 0.15) is 77.0 Å². The van der Waals surface area contributed by atoms with E-state index in [1.54, 1.807) is 7.05 Å². The van der Waals surface area contributed by atoms with E-state index >= 15 is 0 Å².